The zero-order chi connectivity index (χ0) is 10.7. The van der Waals surface area contributed by atoms with E-state index in [1.165, 1.54) is 6.33 Å². The maximum Gasteiger partial charge on any atom is 0.305 e. The molecule has 1 N–H and O–H groups in total. The van der Waals surface area contributed by atoms with Gasteiger partial charge in [-0.15, -0.1) is 0 Å². The molecule has 1 aliphatic heterocycles. The number of hydrogen-bond acceptors (Lipinski definition) is 4. The minimum absolute atomic E-state index is 0.0692. The Morgan fingerprint density at radius 3 is 2.80 bits per heavy atom. The first-order chi connectivity index (χ1) is 7.23. The van der Waals surface area contributed by atoms with E-state index >= 15 is 0 Å². The van der Waals surface area contributed by atoms with Crippen LogP contribution in [0.25, 0.3) is 0 Å². The van der Waals surface area contributed by atoms with Crippen LogP contribution >= 0.6 is 0 Å². The third kappa shape index (κ3) is 1.99. The van der Waals surface area contributed by atoms with Gasteiger partial charge in [0.1, 0.15) is 12.7 Å². The SMILES string of the molecule is O=C(O)CC1(n2cncn2)CCOCC1. The van der Waals surface area contributed by atoms with Crippen molar-refractivity contribution in [2.45, 2.75) is 24.8 Å². The lowest BCUT2D eigenvalue weighted by Gasteiger charge is -2.35. The summed E-state index contributed by atoms with van der Waals surface area (Å²) in [6.07, 6.45) is 4.42. The Morgan fingerprint density at radius 2 is 2.27 bits per heavy atom. The summed E-state index contributed by atoms with van der Waals surface area (Å²) >= 11 is 0. The predicted octanol–water partition coefficient (Wildman–Crippen LogP) is 0.258. The number of carboxylic acids is 1. The fraction of sp³-hybridized carbons (Fsp3) is 0.667. The zero-order valence-electron chi connectivity index (χ0n) is 8.30. The summed E-state index contributed by atoms with van der Waals surface area (Å²) in [5, 5.41) is 13.0. The minimum atomic E-state index is -0.813. The van der Waals surface area contributed by atoms with E-state index in [9.17, 15) is 4.79 Å². The van der Waals surface area contributed by atoms with Crippen LogP contribution in [0, 0.1) is 0 Å². The van der Waals surface area contributed by atoms with Crippen LogP contribution in [0.4, 0.5) is 0 Å². The summed E-state index contributed by atoms with van der Waals surface area (Å²) in [4.78, 5) is 14.7. The molecule has 82 valence electrons. The smallest absolute Gasteiger partial charge is 0.305 e. The van der Waals surface area contributed by atoms with E-state index in [0.717, 1.165) is 0 Å². The molecule has 1 saturated heterocycles. The second-order valence-corrected chi connectivity index (χ2v) is 3.75. The van der Waals surface area contributed by atoms with Crippen molar-refractivity contribution in [1.82, 2.24) is 14.8 Å². The maximum atomic E-state index is 10.9. The van der Waals surface area contributed by atoms with E-state index in [4.69, 9.17) is 9.84 Å². The highest BCUT2D eigenvalue weighted by Gasteiger charge is 2.37. The van der Waals surface area contributed by atoms with Crippen molar-refractivity contribution >= 4 is 5.97 Å². The molecular weight excluding hydrogens is 198 g/mol. The molecule has 0 amide bonds. The highest BCUT2D eigenvalue weighted by atomic mass is 16.5. The fourth-order valence-corrected chi connectivity index (χ4v) is 1.97. The zero-order valence-corrected chi connectivity index (χ0v) is 8.30. The molecule has 1 fully saturated rings. The molecule has 0 atom stereocenters. The van der Waals surface area contributed by atoms with Crippen molar-refractivity contribution in [3.63, 3.8) is 0 Å². The summed E-state index contributed by atoms with van der Waals surface area (Å²) in [5.74, 6) is -0.813. The molecule has 15 heavy (non-hydrogen) atoms. The summed E-state index contributed by atoms with van der Waals surface area (Å²) < 4.78 is 6.91. The van der Waals surface area contributed by atoms with Gasteiger partial charge in [0, 0.05) is 13.2 Å². The Morgan fingerprint density at radius 1 is 1.53 bits per heavy atom. The number of aromatic nitrogens is 3. The number of rotatable bonds is 3. The number of aliphatic carboxylic acids is 1. The number of carboxylic acid groups (broad SMARTS) is 1. The standard InChI is InChI=1S/C9H13N3O3/c13-8(14)5-9(1-3-15-4-2-9)12-7-10-6-11-12/h6-7H,1-5H2,(H,13,14). The molecule has 1 aliphatic rings. The summed E-state index contributed by atoms with van der Waals surface area (Å²) in [5.41, 5.74) is -0.458. The monoisotopic (exact) mass is 211 g/mol. The van der Waals surface area contributed by atoms with Gasteiger partial charge in [-0.25, -0.2) is 9.67 Å². The lowest BCUT2D eigenvalue weighted by molar-refractivity contribution is -0.141. The number of carbonyl (C=O) groups is 1. The molecule has 0 unspecified atom stereocenters. The van der Waals surface area contributed by atoms with Crippen molar-refractivity contribution in [1.29, 1.82) is 0 Å². The second kappa shape index (κ2) is 3.98. The van der Waals surface area contributed by atoms with E-state index in [1.807, 2.05) is 0 Å². The van der Waals surface area contributed by atoms with E-state index in [-0.39, 0.29) is 6.42 Å². The third-order valence-corrected chi connectivity index (χ3v) is 2.81. The first-order valence-corrected chi connectivity index (χ1v) is 4.88. The van der Waals surface area contributed by atoms with Crippen molar-refractivity contribution in [3.8, 4) is 0 Å². The maximum absolute atomic E-state index is 10.9. The van der Waals surface area contributed by atoms with E-state index in [2.05, 4.69) is 10.1 Å². The minimum Gasteiger partial charge on any atom is -0.481 e. The molecule has 2 rings (SSSR count). The summed E-state index contributed by atoms with van der Waals surface area (Å²) in [6, 6.07) is 0. The molecule has 0 aromatic carbocycles. The lowest BCUT2D eigenvalue weighted by atomic mass is 9.87. The normalized spacial score (nSPS) is 20.0. The molecule has 1 aromatic rings. The van der Waals surface area contributed by atoms with Crippen LogP contribution < -0.4 is 0 Å². The molecule has 1 aromatic heterocycles. The topological polar surface area (TPSA) is 77.2 Å². The fourth-order valence-electron chi connectivity index (χ4n) is 1.97. The average molecular weight is 211 g/mol. The molecule has 0 bridgehead atoms. The van der Waals surface area contributed by atoms with Crippen molar-refractivity contribution in [2.24, 2.45) is 0 Å². The van der Waals surface area contributed by atoms with Gasteiger partial charge < -0.3 is 9.84 Å². The Balaban J connectivity index is 2.25. The Bertz CT molecular complexity index is 330. The average Bonchev–Trinajstić information content (AvgIpc) is 2.71. The van der Waals surface area contributed by atoms with E-state index in [0.29, 0.717) is 26.1 Å². The van der Waals surface area contributed by atoms with Gasteiger partial charge in [-0.2, -0.15) is 5.10 Å². The molecule has 0 aliphatic carbocycles. The van der Waals surface area contributed by atoms with Crippen LogP contribution in [-0.2, 0) is 15.1 Å². The van der Waals surface area contributed by atoms with Gasteiger partial charge in [-0.1, -0.05) is 0 Å². The van der Waals surface area contributed by atoms with Gasteiger partial charge in [0.05, 0.1) is 12.0 Å². The van der Waals surface area contributed by atoms with Gasteiger partial charge in [0.25, 0.3) is 0 Å². The van der Waals surface area contributed by atoms with Crippen LogP contribution in [0.15, 0.2) is 12.7 Å². The molecule has 2 heterocycles. The van der Waals surface area contributed by atoms with Crippen LogP contribution in [-0.4, -0.2) is 39.1 Å². The van der Waals surface area contributed by atoms with Crippen molar-refractivity contribution in [3.05, 3.63) is 12.7 Å². The van der Waals surface area contributed by atoms with Gasteiger partial charge >= 0.3 is 5.97 Å². The largest absolute Gasteiger partial charge is 0.481 e. The highest BCUT2D eigenvalue weighted by Crippen LogP contribution is 2.31. The van der Waals surface area contributed by atoms with Crippen LogP contribution in [0.2, 0.25) is 0 Å². The number of nitrogens with zero attached hydrogens (tertiary/aromatic N) is 3. The lowest BCUT2D eigenvalue weighted by Crippen LogP contribution is -2.41. The van der Waals surface area contributed by atoms with Crippen molar-refractivity contribution in [2.75, 3.05) is 13.2 Å². The van der Waals surface area contributed by atoms with Crippen molar-refractivity contribution < 1.29 is 14.6 Å². The van der Waals surface area contributed by atoms with Crippen LogP contribution in [0.3, 0.4) is 0 Å². The van der Waals surface area contributed by atoms with Gasteiger partial charge in [-0.3, -0.25) is 4.79 Å². The summed E-state index contributed by atoms with van der Waals surface area (Å²) in [6.45, 7) is 1.15. The Kier molecular flexibility index (Phi) is 2.68. The van der Waals surface area contributed by atoms with E-state index in [1.54, 1.807) is 11.0 Å². The quantitative estimate of drug-likeness (QED) is 0.775. The van der Waals surface area contributed by atoms with Gasteiger partial charge in [-0.05, 0) is 12.8 Å². The molecular formula is C9H13N3O3. The molecule has 0 saturated carbocycles. The van der Waals surface area contributed by atoms with Crippen LogP contribution in [0.5, 0.6) is 0 Å². The first kappa shape index (κ1) is 10.1. The van der Waals surface area contributed by atoms with E-state index < -0.39 is 11.5 Å². The Hall–Kier alpha value is -1.43. The molecule has 6 heteroatoms. The molecule has 6 nitrogen and oxygen atoms in total. The second-order valence-electron chi connectivity index (χ2n) is 3.75. The number of ether oxygens (including phenoxy) is 1. The third-order valence-electron chi connectivity index (χ3n) is 2.81. The molecule has 0 spiro atoms. The number of hydrogen-bond donors (Lipinski definition) is 1. The predicted molar refractivity (Wildman–Crippen MR) is 50.3 cm³/mol. The van der Waals surface area contributed by atoms with Crippen LogP contribution in [0.1, 0.15) is 19.3 Å². The van der Waals surface area contributed by atoms with Gasteiger partial charge in [0.2, 0.25) is 0 Å². The Labute approximate surface area is 86.9 Å². The highest BCUT2D eigenvalue weighted by molar-refractivity contribution is 5.68. The summed E-state index contributed by atoms with van der Waals surface area (Å²) in [7, 11) is 0. The first-order valence-electron chi connectivity index (χ1n) is 4.88. The van der Waals surface area contributed by atoms with Gasteiger partial charge in [0.15, 0.2) is 0 Å². The molecule has 0 radical (unpaired) electrons.